The van der Waals surface area contributed by atoms with Crippen molar-refractivity contribution in [1.29, 1.82) is 0 Å². The van der Waals surface area contributed by atoms with Gasteiger partial charge >= 0.3 is 0 Å². The number of nitrogens with zero attached hydrogens (tertiary/aromatic N) is 1. The summed E-state index contributed by atoms with van der Waals surface area (Å²) >= 11 is 0. The van der Waals surface area contributed by atoms with Gasteiger partial charge in [-0.25, -0.2) is 8.42 Å². The first-order chi connectivity index (χ1) is 12.7. The minimum Gasteiger partial charge on any atom is -0.497 e. The van der Waals surface area contributed by atoms with E-state index in [0.717, 1.165) is 27.4 Å². The Bertz CT molecular complexity index is 879. The van der Waals surface area contributed by atoms with Crippen molar-refractivity contribution in [2.24, 2.45) is 0 Å². The van der Waals surface area contributed by atoms with Crippen LogP contribution in [0.3, 0.4) is 0 Å². The van der Waals surface area contributed by atoms with E-state index in [2.05, 4.69) is 5.32 Å². The summed E-state index contributed by atoms with van der Waals surface area (Å²) in [6.07, 6.45) is 1.75. The van der Waals surface area contributed by atoms with Gasteiger partial charge in [0.15, 0.2) is 0 Å². The summed E-state index contributed by atoms with van der Waals surface area (Å²) in [7, 11) is -2.00. The molecule has 0 aliphatic heterocycles. The zero-order valence-electron chi connectivity index (χ0n) is 16.1. The number of rotatable bonds is 8. The van der Waals surface area contributed by atoms with Crippen LogP contribution in [0, 0.1) is 6.92 Å². The highest BCUT2D eigenvalue weighted by atomic mass is 32.2. The van der Waals surface area contributed by atoms with Gasteiger partial charge in [0.25, 0.3) is 0 Å². The molecule has 0 bridgehead atoms. The normalized spacial score (nSPS) is 12.3. The molecular weight excluding hydrogens is 364 g/mol. The van der Waals surface area contributed by atoms with Gasteiger partial charge in [-0.1, -0.05) is 24.3 Å². The molecule has 0 radical (unpaired) electrons. The van der Waals surface area contributed by atoms with Gasteiger partial charge in [-0.15, -0.1) is 0 Å². The molecule has 2 rings (SSSR count). The topological polar surface area (TPSA) is 75.7 Å². The number of amides is 1. The summed E-state index contributed by atoms with van der Waals surface area (Å²) < 4.78 is 30.8. The monoisotopic (exact) mass is 390 g/mol. The molecule has 27 heavy (non-hydrogen) atoms. The first-order valence-corrected chi connectivity index (χ1v) is 10.5. The molecule has 6 nitrogen and oxygen atoms in total. The molecule has 146 valence electrons. The quantitative estimate of drug-likeness (QED) is 0.751. The number of carbonyl (C=O) groups excluding carboxylic acids is 1. The summed E-state index contributed by atoms with van der Waals surface area (Å²) in [5, 5.41) is 2.82. The Kier molecular flexibility index (Phi) is 6.85. The fourth-order valence-electron chi connectivity index (χ4n) is 2.84. The van der Waals surface area contributed by atoms with E-state index in [0.29, 0.717) is 18.7 Å². The van der Waals surface area contributed by atoms with Crippen LogP contribution < -0.4 is 14.4 Å². The number of nitrogens with one attached hydrogen (secondary N) is 1. The van der Waals surface area contributed by atoms with E-state index in [4.69, 9.17) is 4.74 Å². The van der Waals surface area contributed by atoms with Crippen LogP contribution in [0.2, 0.25) is 0 Å². The number of methoxy groups -OCH3 is 1. The van der Waals surface area contributed by atoms with Crippen molar-refractivity contribution in [3.05, 3.63) is 59.7 Å². The molecule has 2 aromatic rings. The molecule has 0 spiro atoms. The maximum absolute atomic E-state index is 12.5. The lowest BCUT2D eigenvalue weighted by Crippen LogP contribution is -2.48. The number of ether oxygens (including phenoxy) is 1. The highest BCUT2D eigenvalue weighted by molar-refractivity contribution is 7.92. The van der Waals surface area contributed by atoms with Crippen molar-refractivity contribution in [2.75, 3.05) is 24.2 Å². The average Bonchev–Trinajstić information content (AvgIpc) is 2.61. The van der Waals surface area contributed by atoms with E-state index in [1.54, 1.807) is 32.2 Å². The molecule has 1 N–H and O–H groups in total. The Balaban J connectivity index is 2.04. The van der Waals surface area contributed by atoms with Crippen LogP contribution in [0.5, 0.6) is 5.75 Å². The molecule has 0 aliphatic carbocycles. The SMILES string of the molecule is COc1ccc(CCNC(=O)[C@@H](C)N(c2cccc(C)c2)S(C)(=O)=O)cc1. The van der Waals surface area contributed by atoms with E-state index in [1.165, 1.54) is 0 Å². The molecule has 0 fully saturated rings. The van der Waals surface area contributed by atoms with Crippen LogP contribution in [0.1, 0.15) is 18.1 Å². The third-order valence-electron chi connectivity index (χ3n) is 4.22. The summed E-state index contributed by atoms with van der Waals surface area (Å²) in [6, 6.07) is 13.8. The Labute approximate surface area is 161 Å². The van der Waals surface area contributed by atoms with Crippen molar-refractivity contribution in [2.45, 2.75) is 26.3 Å². The zero-order chi connectivity index (χ0) is 20.0. The Morgan fingerprint density at radius 1 is 1.19 bits per heavy atom. The molecule has 0 aromatic heterocycles. The largest absolute Gasteiger partial charge is 0.497 e. The maximum Gasteiger partial charge on any atom is 0.243 e. The number of hydrogen-bond donors (Lipinski definition) is 1. The molecule has 0 saturated heterocycles. The highest BCUT2D eigenvalue weighted by Gasteiger charge is 2.28. The third-order valence-corrected chi connectivity index (χ3v) is 5.46. The van der Waals surface area contributed by atoms with Gasteiger partial charge in [-0.05, 0) is 55.7 Å². The molecule has 7 heteroatoms. The first kappa shape index (κ1) is 20.8. The number of carbonyl (C=O) groups is 1. The van der Waals surface area contributed by atoms with Crippen LogP contribution in [-0.2, 0) is 21.2 Å². The predicted molar refractivity (Wildman–Crippen MR) is 108 cm³/mol. The molecule has 0 heterocycles. The van der Waals surface area contributed by atoms with Gasteiger partial charge in [0, 0.05) is 6.54 Å². The van der Waals surface area contributed by atoms with Crippen molar-refractivity contribution < 1.29 is 17.9 Å². The second-order valence-corrected chi connectivity index (χ2v) is 8.32. The van der Waals surface area contributed by atoms with E-state index in [1.807, 2.05) is 37.3 Å². The third kappa shape index (κ3) is 5.72. The fourth-order valence-corrected chi connectivity index (χ4v) is 4.01. The number of benzene rings is 2. The lowest BCUT2D eigenvalue weighted by molar-refractivity contribution is -0.121. The van der Waals surface area contributed by atoms with E-state index >= 15 is 0 Å². The smallest absolute Gasteiger partial charge is 0.243 e. The minimum absolute atomic E-state index is 0.338. The standard InChI is InChI=1S/C20H26N2O4S/c1-15-6-5-7-18(14-15)22(27(4,24)25)16(2)20(23)21-13-12-17-8-10-19(26-3)11-9-17/h5-11,14,16H,12-13H2,1-4H3,(H,21,23)/t16-/m1/s1. The summed E-state index contributed by atoms with van der Waals surface area (Å²) in [4.78, 5) is 12.5. The minimum atomic E-state index is -3.61. The van der Waals surface area contributed by atoms with Gasteiger partial charge in [-0.3, -0.25) is 9.10 Å². The number of anilines is 1. The zero-order valence-corrected chi connectivity index (χ0v) is 16.9. The highest BCUT2D eigenvalue weighted by Crippen LogP contribution is 2.22. The van der Waals surface area contributed by atoms with Gasteiger partial charge in [0.2, 0.25) is 15.9 Å². The van der Waals surface area contributed by atoms with Gasteiger partial charge in [0.1, 0.15) is 11.8 Å². The van der Waals surface area contributed by atoms with Crippen LogP contribution in [0.15, 0.2) is 48.5 Å². The number of aryl methyl sites for hydroxylation is 1. The van der Waals surface area contributed by atoms with Crippen molar-refractivity contribution >= 4 is 21.6 Å². The summed E-state index contributed by atoms with van der Waals surface area (Å²) in [5.74, 6) is 0.439. The first-order valence-electron chi connectivity index (χ1n) is 8.69. The maximum atomic E-state index is 12.5. The Morgan fingerprint density at radius 2 is 1.85 bits per heavy atom. The summed E-state index contributed by atoms with van der Waals surface area (Å²) in [6.45, 7) is 3.89. The molecule has 1 amide bonds. The fraction of sp³-hybridized carbons (Fsp3) is 0.350. The van der Waals surface area contributed by atoms with Gasteiger partial charge < -0.3 is 10.1 Å². The molecule has 1 atom stereocenters. The molecule has 0 saturated carbocycles. The van der Waals surface area contributed by atoms with Gasteiger partial charge in [-0.2, -0.15) is 0 Å². The predicted octanol–water partition coefficient (Wildman–Crippen LogP) is 2.52. The van der Waals surface area contributed by atoms with Crippen LogP contribution >= 0.6 is 0 Å². The molecule has 0 aliphatic rings. The van der Waals surface area contributed by atoms with Crippen molar-refractivity contribution in [1.82, 2.24) is 5.32 Å². The molecular formula is C20H26N2O4S. The lowest BCUT2D eigenvalue weighted by Gasteiger charge is -2.28. The van der Waals surface area contributed by atoms with Crippen LogP contribution in [0.4, 0.5) is 5.69 Å². The van der Waals surface area contributed by atoms with E-state index in [9.17, 15) is 13.2 Å². The van der Waals surface area contributed by atoms with Crippen LogP contribution in [0.25, 0.3) is 0 Å². The second-order valence-electron chi connectivity index (χ2n) is 6.46. The average molecular weight is 391 g/mol. The van der Waals surface area contributed by atoms with Gasteiger partial charge in [0.05, 0.1) is 19.1 Å². The number of hydrogen-bond acceptors (Lipinski definition) is 4. The van der Waals surface area contributed by atoms with E-state index in [-0.39, 0.29) is 5.91 Å². The van der Waals surface area contributed by atoms with E-state index < -0.39 is 16.1 Å². The van der Waals surface area contributed by atoms with Crippen molar-refractivity contribution in [3.8, 4) is 5.75 Å². The second kappa shape index (κ2) is 8.90. The Hall–Kier alpha value is -2.54. The molecule has 0 unspecified atom stereocenters. The van der Waals surface area contributed by atoms with Crippen LogP contribution in [-0.4, -0.2) is 40.3 Å². The molecule has 2 aromatic carbocycles. The lowest BCUT2D eigenvalue weighted by atomic mass is 10.1. The van der Waals surface area contributed by atoms with Crippen molar-refractivity contribution in [3.63, 3.8) is 0 Å². The Morgan fingerprint density at radius 3 is 2.41 bits per heavy atom. The number of sulfonamides is 1. The summed E-state index contributed by atoms with van der Waals surface area (Å²) in [5.41, 5.74) is 2.46.